The Hall–Kier alpha value is -2.70. The van der Waals surface area contributed by atoms with Crippen LogP contribution in [-0.4, -0.2) is 50.7 Å². The van der Waals surface area contributed by atoms with Gasteiger partial charge in [-0.05, 0) is 36.9 Å². The molecule has 158 valence electrons. The van der Waals surface area contributed by atoms with Crippen LogP contribution in [0.2, 0.25) is 0 Å². The molecule has 4 heterocycles. The number of aromatic nitrogens is 3. The van der Waals surface area contributed by atoms with Crippen LogP contribution in [0.1, 0.15) is 44.9 Å². The number of thiophene rings is 1. The maximum Gasteiger partial charge on any atom is 0.291 e. The predicted molar refractivity (Wildman–Crippen MR) is 117 cm³/mol. The first kappa shape index (κ1) is 20.6. The lowest BCUT2D eigenvalue weighted by molar-refractivity contribution is -0.123. The van der Waals surface area contributed by atoms with Crippen molar-refractivity contribution >= 4 is 33.0 Å². The normalized spacial score (nSPS) is 17.6. The Morgan fingerprint density at radius 1 is 1.47 bits per heavy atom. The van der Waals surface area contributed by atoms with E-state index < -0.39 is 0 Å². The van der Waals surface area contributed by atoms with Crippen LogP contribution in [0.3, 0.4) is 0 Å². The monoisotopic (exact) mass is 426 g/mol. The number of carbonyl (C=O) groups excluding carboxylic acids is 1. The Labute approximate surface area is 178 Å². The second-order valence-electron chi connectivity index (χ2n) is 8.14. The third-order valence-corrected chi connectivity index (χ3v) is 6.45. The molecule has 3 aromatic rings. The summed E-state index contributed by atoms with van der Waals surface area (Å²) < 4.78 is 3.22. The van der Waals surface area contributed by atoms with Gasteiger partial charge in [0.05, 0.1) is 6.07 Å². The molecule has 1 N–H and O–H groups in total. The fraction of sp³-hybridized carbons (Fsp3) is 0.524. The molecule has 0 spiro atoms. The van der Waals surface area contributed by atoms with Gasteiger partial charge in [0.15, 0.2) is 0 Å². The van der Waals surface area contributed by atoms with Gasteiger partial charge in [0.25, 0.3) is 5.56 Å². The summed E-state index contributed by atoms with van der Waals surface area (Å²) in [6.45, 7) is 6.39. The summed E-state index contributed by atoms with van der Waals surface area (Å²) in [5, 5.41) is 19.4. The number of rotatable bonds is 6. The molecule has 1 aliphatic rings. The van der Waals surface area contributed by atoms with E-state index in [1.165, 1.54) is 4.68 Å². The Kier molecular flexibility index (Phi) is 5.88. The summed E-state index contributed by atoms with van der Waals surface area (Å²) in [5.41, 5.74) is 0.306. The molecule has 1 atom stereocenters. The lowest BCUT2D eigenvalue weighted by atomic mass is 10.1. The van der Waals surface area contributed by atoms with E-state index in [0.717, 1.165) is 48.5 Å². The minimum Gasteiger partial charge on any atom is -0.350 e. The van der Waals surface area contributed by atoms with Gasteiger partial charge in [0, 0.05) is 36.9 Å². The van der Waals surface area contributed by atoms with Gasteiger partial charge in [-0.25, -0.2) is 4.68 Å². The number of amides is 1. The van der Waals surface area contributed by atoms with Crippen molar-refractivity contribution in [2.24, 2.45) is 0 Å². The molecule has 1 amide bonds. The van der Waals surface area contributed by atoms with Crippen LogP contribution in [0.15, 0.2) is 22.3 Å². The maximum atomic E-state index is 13.0. The summed E-state index contributed by atoms with van der Waals surface area (Å²) in [4.78, 5) is 29.0. The quantitative estimate of drug-likeness (QED) is 0.653. The minimum atomic E-state index is -0.253. The minimum absolute atomic E-state index is 0.0348. The summed E-state index contributed by atoms with van der Waals surface area (Å²) in [6, 6.07) is 6.08. The number of hydrogen-bond donors (Lipinski definition) is 1. The van der Waals surface area contributed by atoms with E-state index in [1.807, 2.05) is 35.8 Å². The third kappa shape index (κ3) is 3.98. The van der Waals surface area contributed by atoms with Gasteiger partial charge in [-0.2, -0.15) is 10.4 Å². The number of hydrogen-bond acceptors (Lipinski definition) is 6. The molecule has 0 unspecified atom stereocenters. The van der Waals surface area contributed by atoms with Crippen LogP contribution >= 0.6 is 11.3 Å². The molecule has 8 nitrogen and oxygen atoms in total. The van der Waals surface area contributed by atoms with Gasteiger partial charge in [0.1, 0.15) is 22.7 Å². The van der Waals surface area contributed by atoms with Gasteiger partial charge in [-0.1, -0.05) is 13.8 Å². The third-order valence-electron chi connectivity index (χ3n) is 5.54. The van der Waals surface area contributed by atoms with Crippen molar-refractivity contribution in [2.75, 3.05) is 19.6 Å². The van der Waals surface area contributed by atoms with E-state index in [-0.39, 0.29) is 30.0 Å². The van der Waals surface area contributed by atoms with Crippen molar-refractivity contribution in [1.29, 1.82) is 5.26 Å². The number of likely N-dealkylation sites (tertiary alicyclic amines) is 1. The Bertz CT molecular complexity index is 1170. The highest BCUT2D eigenvalue weighted by Gasteiger charge is 2.23. The molecule has 0 aliphatic carbocycles. The zero-order chi connectivity index (χ0) is 21.3. The molecule has 0 bridgehead atoms. The average molecular weight is 427 g/mol. The molecule has 1 saturated heterocycles. The predicted octanol–water partition coefficient (Wildman–Crippen LogP) is 2.33. The summed E-state index contributed by atoms with van der Waals surface area (Å²) in [6.07, 6.45) is 2.38. The van der Waals surface area contributed by atoms with Crippen LogP contribution in [0.25, 0.3) is 15.7 Å². The molecule has 1 aliphatic heterocycles. The number of piperidine rings is 1. The van der Waals surface area contributed by atoms with Gasteiger partial charge >= 0.3 is 0 Å². The van der Waals surface area contributed by atoms with E-state index in [9.17, 15) is 9.59 Å². The highest BCUT2D eigenvalue weighted by molar-refractivity contribution is 7.16. The van der Waals surface area contributed by atoms with Crippen molar-refractivity contribution < 1.29 is 4.79 Å². The molecule has 1 fully saturated rings. The molecule has 4 rings (SSSR count). The summed E-state index contributed by atoms with van der Waals surface area (Å²) in [5.74, 6) is 0.673. The number of nitrogens with one attached hydrogen (secondary N) is 1. The van der Waals surface area contributed by atoms with Crippen LogP contribution < -0.4 is 10.9 Å². The maximum absolute atomic E-state index is 13.0. The van der Waals surface area contributed by atoms with Crippen molar-refractivity contribution in [3.8, 4) is 6.07 Å². The van der Waals surface area contributed by atoms with Gasteiger partial charge in [0.2, 0.25) is 5.91 Å². The van der Waals surface area contributed by atoms with Gasteiger partial charge < -0.3 is 10.2 Å². The highest BCUT2D eigenvalue weighted by atomic mass is 32.1. The fourth-order valence-electron chi connectivity index (χ4n) is 4.13. The second kappa shape index (κ2) is 8.58. The van der Waals surface area contributed by atoms with E-state index in [2.05, 4.69) is 21.4 Å². The average Bonchev–Trinajstić information content (AvgIpc) is 3.30. The van der Waals surface area contributed by atoms with Crippen LogP contribution in [0.4, 0.5) is 0 Å². The van der Waals surface area contributed by atoms with Gasteiger partial charge in [-0.15, -0.1) is 11.3 Å². The molecule has 3 aromatic heterocycles. The lowest BCUT2D eigenvalue weighted by Crippen LogP contribution is -2.49. The molecule has 9 heteroatoms. The van der Waals surface area contributed by atoms with Crippen LogP contribution in [0, 0.1) is 11.3 Å². The van der Waals surface area contributed by atoms with Crippen molar-refractivity contribution in [2.45, 2.75) is 51.6 Å². The van der Waals surface area contributed by atoms with Crippen molar-refractivity contribution in [3.05, 3.63) is 33.7 Å². The Morgan fingerprint density at radius 3 is 3.07 bits per heavy atom. The zero-order valence-electron chi connectivity index (χ0n) is 17.3. The van der Waals surface area contributed by atoms with E-state index >= 15 is 0 Å². The summed E-state index contributed by atoms with van der Waals surface area (Å²) in [7, 11) is 0. The van der Waals surface area contributed by atoms with E-state index in [4.69, 9.17) is 5.26 Å². The highest BCUT2D eigenvalue weighted by Crippen LogP contribution is 2.26. The van der Waals surface area contributed by atoms with Crippen LogP contribution in [-0.2, 0) is 11.3 Å². The van der Waals surface area contributed by atoms with Crippen molar-refractivity contribution in [1.82, 2.24) is 24.4 Å². The van der Waals surface area contributed by atoms with Gasteiger partial charge in [-0.3, -0.25) is 14.0 Å². The summed E-state index contributed by atoms with van der Waals surface area (Å²) >= 11 is 1.58. The standard InChI is InChI=1S/C21H26N6O2S/c1-14(2)19-24-26(20(29)17-11-15-6-10-30-21(15)27(17)19)13-18(28)23-16-5-3-8-25(12-16)9-4-7-22/h6,10-11,14,16H,3-5,8-9,12-13H2,1-2H3,(H,23,28)/t16-/m1/s1. The number of carbonyl (C=O) groups is 1. The Balaban J connectivity index is 1.55. The smallest absolute Gasteiger partial charge is 0.291 e. The number of fused-ring (bicyclic) bond motifs is 3. The first-order valence-electron chi connectivity index (χ1n) is 10.4. The van der Waals surface area contributed by atoms with Crippen LogP contribution in [0.5, 0.6) is 0 Å². The molecular weight excluding hydrogens is 400 g/mol. The molecule has 30 heavy (non-hydrogen) atoms. The SMILES string of the molecule is CC(C)c1nn(CC(=O)N[C@@H]2CCCN(CCC#N)C2)c(=O)c2cc3ccsc3n12. The number of nitrogens with zero attached hydrogens (tertiary/aromatic N) is 5. The Morgan fingerprint density at radius 2 is 2.30 bits per heavy atom. The zero-order valence-corrected chi connectivity index (χ0v) is 18.1. The molecular formula is C21H26N6O2S. The molecule has 0 saturated carbocycles. The lowest BCUT2D eigenvalue weighted by Gasteiger charge is -2.32. The molecule has 0 radical (unpaired) electrons. The topological polar surface area (TPSA) is 95.4 Å². The second-order valence-corrected chi connectivity index (χ2v) is 9.03. The van der Waals surface area contributed by atoms with Crippen molar-refractivity contribution in [3.63, 3.8) is 0 Å². The first-order chi connectivity index (χ1) is 14.5. The fourth-order valence-corrected chi connectivity index (χ4v) is 5.03. The largest absolute Gasteiger partial charge is 0.350 e. The number of nitriles is 1. The van der Waals surface area contributed by atoms with E-state index in [1.54, 1.807) is 11.3 Å². The first-order valence-corrected chi connectivity index (χ1v) is 11.2. The molecule has 0 aromatic carbocycles. The van der Waals surface area contributed by atoms with E-state index in [0.29, 0.717) is 11.9 Å².